The quantitative estimate of drug-likeness (QED) is 0.398. The first-order chi connectivity index (χ1) is 12.6. The van der Waals surface area contributed by atoms with Crippen LogP contribution in [0.3, 0.4) is 0 Å². The maximum Gasteiger partial charge on any atom is 0.189 e. The molecule has 1 fully saturated rings. The van der Waals surface area contributed by atoms with Gasteiger partial charge in [-0.3, -0.25) is 0 Å². The monoisotopic (exact) mass is 479 g/mol. The summed E-state index contributed by atoms with van der Waals surface area (Å²) in [5, 5.41) is 3.40. The largest absolute Gasteiger partial charge is 0.496 e. The highest BCUT2D eigenvalue weighted by Gasteiger charge is 2.53. The summed E-state index contributed by atoms with van der Waals surface area (Å²) in [5.41, 5.74) is 8.57. The molecule has 3 N–H and O–H groups in total. The van der Waals surface area contributed by atoms with E-state index in [1.807, 2.05) is 30.3 Å². The zero-order valence-electron chi connectivity index (χ0n) is 15.6. The number of guanidine groups is 1. The molecule has 0 spiro atoms. The fourth-order valence-corrected chi connectivity index (χ4v) is 3.83. The molecule has 0 radical (unpaired) electrons. The highest BCUT2D eigenvalue weighted by Crippen LogP contribution is 2.51. The number of halogens is 1. The van der Waals surface area contributed by atoms with E-state index in [0.717, 1.165) is 29.9 Å². The molecule has 1 aliphatic heterocycles. The number of methoxy groups -OCH3 is 1. The Labute approximate surface area is 177 Å². The van der Waals surface area contributed by atoms with Crippen LogP contribution in [-0.4, -0.2) is 25.7 Å². The standard InChI is InChI=1S/C21H25N3O2.HI/c1-21(15-8-4-6-10-18(15)25-2)13-19(21)24-20(22)23-16-11-12-26-17-9-5-3-7-14(16)17;/h3-10,16,19H,11-13H2,1-2H3,(H3,22,23,24);1H. The normalized spacial score (nSPS) is 26.2. The Balaban J connectivity index is 0.00000210. The third kappa shape index (κ3) is 3.85. The van der Waals surface area contributed by atoms with Crippen molar-refractivity contribution in [3.63, 3.8) is 0 Å². The number of para-hydroxylation sites is 2. The molecular weight excluding hydrogens is 453 g/mol. The van der Waals surface area contributed by atoms with Crippen LogP contribution < -0.4 is 20.5 Å². The number of nitrogens with one attached hydrogen (secondary N) is 1. The van der Waals surface area contributed by atoms with Gasteiger partial charge in [-0.2, -0.15) is 0 Å². The Morgan fingerprint density at radius 3 is 2.78 bits per heavy atom. The van der Waals surface area contributed by atoms with Crippen molar-refractivity contribution in [2.75, 3.05) is 13.7 Å². The average molecular weight is 479 g/mol. The lowest BCUT2D eigenvalue weighted by Crippen LogP contribution is -2.37. The second kappa shape index (κ2) is 7.96. The molecule has 27 heavy (non-hydrogen) atoms. The van der Waals surface area contributed by atoms with E-state index in [2.05, 4.69) is 30.4 Å². The van der Waals surface area contributed by atoms with Crippen LogP contribution in [0.5, 0.6) is 11.5 Å². The Morgan fingerprint density at radius 1 is 1.22 bits per heavy atom. The van der Waals surface area contributed by atoms with E-state index in [-0.39, 0.29) is 41.5 Å². The highest BCUT2D eigenvalue weighted by molar-refractivity contribution is 14.0. The molecule has 0 aromatic heterocycles. The fraction of sp³-hybridized carbons (Fsp3) is 0.381. The first kappa shape index (κ1) is 19.8. The van der Waals surface area contributed by atoms with E-state index >= 15 is 0 Å². The fourth-order valence-electron chi connectivity index (χ4n) is 3.83. The molecule has 0 bridgehead atoms. The highest BCUT2D eigenvalue weighted by atomic mass is 127. The number of benzene rings is 2. The molecule has 3 unspecified atom stereocenters. The maximum atomic E-state index is 6.24. The molecule has 144 valence electrons. The van der Waals surface area contributed by atoms with Gasteiger partial charge in [0.2, 0.25) is 0 Å². The number of aliphatic imine (C=N–C) groups is 1. The molecule has 5 nitrogen and oxygen atoms in total. The zero-order valence-corrected chi connectivity index (χ0v) is 18.0. The lowest BCUT2D eigenvalue weighted by atomic mass is 9.96. The number of fused-ring (bicyclic) bond motifs is 1. The third-order valence-corrected chi connectivity index (χ3v) is 5.50. The molecule has 1 aliphatic carbocycles. The first-order valence-electron chi connectivity index (χ1n) is 9.07. The van der Waals surface area contributed by atoms with Crippen LogP contribution in [-0.2, 0) is 5.41 Å². The number of hydrogen-bond acceptors (Lipinski definition) is 3. The summed E-state index contributed by atoms with van der Waals surface area (Å²) in [6.07, 6.45) is 1.85. The predicted molar refractivity (Wildman–Crippen MR) is 118 cm³/mol. The Kier molecular flexibility index (Phi) is 5.83. The van der Waals surface area contributed by atoms with E-state index < -0.39 is 0 Å². The lowest BCUT2D eigenvalue weighted by Gasteiger charge is -2.23. The van der Waals surface area contributed by atoms with E-state index in [0.29, 0.717) is 12.6 Å². The second-order valence-corrected chi connectivity index (χ2v) is 7.22. The topological polar surface area (TPSA) is 68.9 Å². The summed E-state index contributed by atoms with van der Waals surface area (Å²) < 4.78 is 11.2. The van der Waals surface area contributed by atoms with Gasteiger partial charge < -0.3 is 20.5 Å². The van der Waals surface area contributed by atoms with Gasteiger partial charge in [0.15, 0.2) is 5.96 Å². The number of ether oxygens (including phenoxy) is 2. The Hall–Kier alpha value is -1.96. The molecular formula is C21H26IN3O2. The lowest BCUT2D eigenvalue weighted by molar-refractivity contribution is 0.269. The Bertz CT molecular complexity index is 842. The van der Waals surface area contributed by atoms with E-state index in [4.69, 9.17) is 20.2 Å². The minimum atomic E-state index is 0. The summed E-state index contributed by atoms with van der Waals surface area (Å²) in [6, 6.07) is 16.5. The van der Waals surface area contributed by atoms with Crippen molar-refractivity contribution < 1.29 is 9.47 Å². The number of nitrogens with zero attached hydrogens (tertiary/aromatic N) is 1. The van der Waals surface area contributed by atoms with Gasteiger partial charge in [0.05, 0.1) is 19.8 Å². The van der Waals surface area contributed by atoms with Crippen molar-refractivity contribution in [1.82, 2.24) is 5.32 Å². The van der Waals surface area contributed by atoms with Crippen LogP contribution in [0, 0.1) is 0 Å². The third-order valence-electron chi connectivity index (χ3n) is 5.50. The maximum absolute atomic E-state index is 6.24. The van der Waals surface area contributed by atoms with Gasteiger partial charge in [-0.25, -0.2) is 4.99 Å². The molecule has 2 aromatic rings. The predicted octanol–water partition coefficient (Wildman–Crippen LogP) is 3.77. The first-order valence-corrected chi connectivity index (χ1v) is 9.07. The molecule has 4 rings (SSSR count). The van der Waals surface area contributed by atoms with E-state index in [1.165, 1.54) is 5.56 Å². The number of nitrogens with two attached hydrogens (primary N) is 1. The van der Waals surface area contributed by atoms with Gasteiger partial charge in [-0.05, 0) is 18.6 Å². The van der Waals surface area contributed by atoms with Gasteiger partial charge in [0.1, 0.15) is 11.5 Å². The minimum Gasteiger partial charge on any atom is -0.496 e. The number of hydrogen-bond donors (Lipinski definition) is 2. The molecule has 1 saturated carbocycles. The summed E-state index contributed by atoms with van der Waals surface area (Å²) in [6.45, 7) is 2.90. The van der Waals surface area contributed by atoms with Crippen LogP contribution in [0.15, 0.2) is 53.5 Å². The van der Waals surface area contributed by atoms with Gasteiger partial charge in [-0.15, -0.1) is 24.0 Å². The van der Waals surface area contributed by atoms with E-state index in [9.17, 15) is 0 Å². The average Bonchev–Trinajstić information content (AvgIpc) is 3.32. The molecule has 2 aliphatic rings. The molecule has 2 aromatic carbocycles. The van der Waals surface area contributed by atoms with Gasteiger partial charge in [0.25, 0.3) is 0 Å². The molecule has 0 saturated heterocycles. The summed E-state index contributed by atoms with van der Waals surface area (Å²) in [7, 11) is 1.71. The van der Waals surface area contributed by atoms with Crippen LogP contribution in [0.25, 0.3) is 0 Å². The van der Waals surface area contributed by atoms with Crippen molar-refractivity contribution in [1.29, 1.82) is 0 Å². The van der Waals surface area contributed by atoms with Gasteiger partial charge in [-0.1, -0.05) is 43.3 Å². The van der Waals surface area contributed by atoms with Crippen molar-refractivity contribution >= 4 is 29.9 Å². The smallest absolute Gasteiger partial charge is 0.189 e. The van der Waals surface area contributed by atoms with Crippen LogP contribution in [0.4, 0.5) is 0 Å². The van der Waals surface area contributed by atoms with Crippen molar-refractivity contribution in [3.8, 4) is 11.5 Å². The second-order valence-electron chi connectivity index (χ2n) is 7.22. The summed E-state index contributed by atoms with van der Waals surface area (Å²) in [4.78, 5) is 4.73. The van der Waals surface area contributed by atoms with Crippen LogP contribution in [0.1, 0.15) is 36.9 Å². The molecule has 6 heteroatoms. The minimum absolute atomic E-state index is 0. The molecule has 0 amide bonds. The SMILES string of the molecule is COc1ccccc1C1(C)CC1NC(N)=NC1CCOc2ccccc21.I. The van der Waals surface area contributed by atoms with E-state index in [1.54, 1.807) is 7.11 Å². The van der Waals surface area contributed by atoms with Crippen LogP contribution in [0.2, 0.25) is 0 Å². The molecule has 1 heterocycles. The van der Waals surface area contributed by atoms with Crippen molar-refractivity contribution in [2.45, 2.75) is 37.3 Å². The van der Waals surface area contributed by atoms with Gasteiger partial charge in [0, 0.05) is 29.0 Å². The summed E-state index contributed by atoms with van der Waals surface area (Å²) >= 11 is 0. The zero-order chi connectivity index (χ0) is 18.1. The summed E-state index contributed by atoms with van der Waals surface area (Å²) in [5.74, 6) is 2.33. The van der Waals surface area contributed by atoms with Crippen molar-refractivity contribution in [2.24, 2.45) is 10.7 Å². The Morgan fingerprint density at radius 2 is 1.96 bits per heavy atom. The van der Waals surface area contributed by atoms with Crippen LogP contribution >= 0.6 is 24.0 Å². The van der Waals surface area contributed by atoms with Crippen molar-refractivity contribution in [3.05, 3.63) is 59.7 Å². The molecule has 3 atom stereocenters. The van der Waals surface area contributed by atoms with Gasteiger partial charge >= 0.3 is 0 Å². The number of rotatable bonds is 4.